The molecule has 0 unspecified atom stereocenters. The molecule has 75 heavy (non-hydrogen) atoms. The molecule has 0 aromatic heterocycles. The van der Waals surface area contributed by atoms with Crippen molar-refractivity contribution in [3.05, 3.63) is 119 Å². The number of alkyl halides is 3. The Morgan fingerprint density at radius 2 is 0.707 bits per heavy atom. The number of sulfonamides is 2. The summed E-state index contributed by atoms with van der Waals surface area (Å²) in [5, 5.41) is 0. The molecular formula is C59H90F3N7O4S2. The van der Waals surface area contributed by atoms with Crippen LogP contribution in [0.4, 0.5) is 35.9 Å². The van der Waals surface area contributed by atoms with Crippen molar-refractivity contribution in [2.75, 3.05) is 130 Å². The summed E-state index contributed by atoms with van der Waals surface area (Å²) in [4.78, 5) is 10.6. The van der Waals surface area contributed by atoms with Crippen LogP contribution < -0.4 is 19.6 Å². The Hall–Kier alpha value is -4.35. The van der Waals surface area contributed by atoms with Gasteiger partial charge in [0.2, 0.25) is 20.0 Å². The molecule has 0 amide bonds. The topological polar surface area (TPSA) is 91.0 Å². The lowest BCUT2D eigenvalue weighted by Gasteiger charge is -2.36. The van der Waals surface area contributed by atoms with Crippen molar-refractivity contribution in [2.45, 2.75) is 112 Å². The average molecular weight is 1080 g/mol. The van der Waals surface area contributed by atoms with E-state index >= 15 is 0 Å². The predicted molar refractivity (Wildman–Crippen MR) is 309 cm³/mol. The number of hydrogen-bond donors (Lipinski definition) is 0. The van der Waals surface area contributed by atoms with Crippen LogP contribution in [0.5, 0.6) is 0 Å². The van der Waals surface area contributed by atoms with Crippen LogP contribution in [0.15, 0.2) is 97.1 Å². The van der Waals surface area contributed by atoms with Crippen LogP contribution in [0, 0.1) is 5.92 Å². The molecular weight excluding hydrogens is 992 g/mol. The Morgan fingerprint density at radius 3 is 0.960 bits per heavy atom. The van der Waals surface area contributed by atoms with Gasteiger partial charge < -0.3 is 19.6 Å². The van der Waals surface area contributed by atoms with E-state index in [4.69, 9.17) is 0 Å². The van der Waals surface area contributed by atoms with Gasteiger partial charge in [-0.05, 0) is 120 Å². The molecule has 16 heteroatoms. The minimum atomic E-state index is -4.10. The second kappa shape index (κ2) is 28.3. The number of anilines is 4. The molecule has 4 fully saturated rings. The molecule has 0 saturated carbocycles. The van der Waals surface area contributed by atoms with Gasteiger partial charge in [0.05, 0.1) is 18.6 Å². The van der Waals surface area contributed by atoms with Crippen LogP contribution in [0.1, 0.15) is 128 Å². The fourth-order valence-electron chi connectivity index (χ4n) is 9.65. The maximum absolute atomic E-state index is 12.3. The first kappa shape index (κ1) is 61.5. The minimum Gasteiger partial charge on any atom is -0.372 e. The summed E-state index contributed by atoms with van der Waals surface area (Å²) in [5.74, 6) is 3.30. The fourth-order valence-corrected chi connectivity index (χ4v) is 11.6. The molecule has 4 aliphatic rings. The Balaban J connectivity index is 0.000000186. The van der Waals surface area contributed by atoms with Crippen LogP contribution in [0.2, 0.25) is 0 Å². The van der Waals surface area contributed by atoms with E-state index in [-0.39, 0.29) is 5.75 Å². The van der Waals surface area contributed by atoms with E-state index in [1.807, 2.05) is 0 Å². The fraction of sp³-hybridized carbons (Fsp3) is 0.593. The first-order valence-electron chi connectivity index (χ1n) is 27.4. The number of nitrogens with zero attached hydrogens (tertiary/aromatic N) is 7. The normalized spacial score (nSPS) is 17.9. The van der Waals surface area contributed by atoms with Gasteiger partial charge in [-0.25, -0.2) is 16.8 Å². The summed E-state index contributed by atoms with van der Waals surface area (Å²) in [6, 6.07) is 34.6. The number of piperazine rings is 3. The Morgan fingerprint density at radius 1 is 0.440 bits per heavy atom. The summed E-state index contributed by atoms with van der Waals surface area (Å²) in [5.41, 5.74) is 10.2. The minimum absolute atomic E-state index is 0.191. The molecule has 0 radical (unpaired) electrons. The van der Waals surface area contributed by atoms with Crippen LogP contribution in [-0.4, -0.2) is 147 Å². The number of piperidine rings is 1. The highest BCUT2D eigenvalue weighted by Crippen LogP contribution is 2.27. The SMILES string of the molecule is CC(C)c1ccc(N2CCN(CC(F)(F)F)CC2)cc1.CC(C)c1ccc(N2CCN(S(C)(=O)=O)CC2)cc1.CC1CCN(c2ccc(C(C)C)cc2)CC1.CCS(=O)(=O)N1CCN(c2ccc(C(C)C)cc2)CC1. The average Bonchev–Trinajstić information content (AvgIpc) is 3.39. The van der Waals surface area contributed by atoms with Crippen LogP contribution in [-0.2, 0) is 20.0 Å². The van der Waals surface area contributed by atoms with Gasteiger partial charge in [-0.3, -0.25) is 4.90 Å². The smallest absolute Gasteiger partial charge is 0.372 e. The van der Waals surface area contributed by atoms with E-state index in [1.54, 1.807) is 15.5 Å². The van der Waals surface area contributed by atoms with Crippen molar-refractivity contribution in [3.63, 3.8) is 0 Å². The van der Waals surface area contributed by atoms with Crippen molar-refractivity contribution in [1.29, 1.82) is 0 Å². The lowest BCUT2D eigenvalue weighted by Crippen LogP contribution is -2.49. The van der Waals surface area contributed by atoms with E-state index in [9.17, 15) is 30.0 Å². The van der Waals surface area contributed by atoms with Gasteiger partial charge in [-0.15, -0.1) is 0 Å². The summed E-state index contributed by atoms with van der Waals surface area (Å²) < 4.78 is 86.7. The maximum atomic E-state index is 12.3. The largest absolute Gasteiger partial charge is 0.401 e. The first-order chi connectivity index (χ1) is 35.3. The second-order valence-electron chi connectivity index (χ2n) is 22.0. The molecule has 4 aromatic rings. The molecule has 11 nitrogen and oxygen atoms in total. The summed E-state index contributed by atoms with van der Waals surface area (Å²) >= 11 is 0. The Bertz CT molecular complexity index is 2490. The highest BCUT2D eigenvalue weighted by atomic mass is 32.2. The highest BCUT2D eigenvalue weighted by Gasteiger charge is 2.32. The third-order valence-corrected chi connectivity index (χ3v) is 18.1. The molecule has 8 rings (SSSR count). The van der Waals surface area contributed by atoms with Gasteiger partial charge >= 0.3 is 6.18 Å². The van der Waals surface area contributed by atoms with Gasteiger partial charge in [-0.2, -0.15) is 21.8 Å². The van der Waals surface area contributed by atoms with E-state index in [0.717, 1.165) is 37.8 Å². The second-order valence-corrected chi connectivity index (χ2v) is 26.2. The van der Waals surface area contributed by atoms with Crippen molar-refractivity contribution in [3.8, 4) is 0 Å². The van der Waals surface area contributed by atoms with Crippen molar-refractivity contribution in [1.82, 2.24) is 13.5 Å². The quantitative estimate of drug-likeness (QED) is 0.138. The third-order valence-electron chi connectivity index (χ3n) is 15.0. The molecule has 4 saturated heterocycles. The van der Waals surface area contributed by atoms with Crippen LogP contribution in [0.3, 0.4) is 0 Å². The number of rotatable bonds is 12. The molecule has 0 bridgehead atoms. The van der Waals surface area contributed by atoms with E-state index in [2.05, 4.69) is 179 Å². The van der Waals surface area contributed by atoms with Gasteiger partial charge in [0.15, 0.2) is 0 Å². The lowest BCUT2D eigenvalue weighted by atomic mass is 9.98. The number of benzene rings is 4. The Kier molecular flexibility index (Phi) is 23.2. The highest BCUT2D eigenvalue weighted by molar-refractivity contribution is 7.89. The van der Waals surface area contributed by atoms with E-state index < -0.39 is 32.8 Å². The van der Waals surface area contributed by atoms with Crippen molar-refractivity contribution < 1.29 is 30.0 Å². The van der Waals surface area contributed by atoms with Crippen molar-refractivity contribution in [2.24, 2.45) is 5.92 Å². The van der Waals surface area contributed by atoms with E-state index in [0.29, 0.717) is 76.0 Å². The van der Waals surface area contributed by atoms with Crippen LogP contribution >= 0.6 is 0 Å². The zero-order valence-electron chi connectivity index (χ0n) is 47.1. The van der Waals surface area contributed by atoms with Crippen molar-refractivity contribution >= 4 is 42.8 Å². The lowest BCUT2D eigenvalue weighted by molar-refractivity contribution is -0.146. The molecule has 4 aliphatic heterocycles. The summed E-state index contributed by atoms with van der Waals surface area (Å²) in [6.07, 6.45) is -0.140. The Labute approximate surface area is 451 Å². The predicted octanol–water partition coefficient (Wildman–Crippen LogP) is 11.7. The molecule has 4 aromatic carbocycles. The number of hydrogen-bond acceptors (Lipinski definition) is 9. The zero-order chi connectivity index (χ0) is 55.1. The molecule has 4 heterocycles. The summed E-state index contributed by atoms with van der Waals surface area (Å²) in [6.45, 7) is 30.8. The van der Waals surface area contributed by atoms with Gasteiger partial charge in [0.25, 0.3) is 0 Å². The molecule has 0 spiro atoms. The molecule has 0 atom stereocenters. The van der Waals surface area contributed by atoms with Gasteiger partial charge in [0, 0.05) is 114 Å². The van der Waals surface area contributed by atoms with E-state index in [1.165, 1.54) is 76.4 Å². The third kappa shape index (κ3) is 19.6. The summed E-state index contributed by atoms with van der Waals surface area (Å²) in [7, 11) is -6.08. The maximum Gasteiger partial charge on any atom is 0.401 e. The van der Waals surface area contributed by atoms with Gasteiger partial charge in [-0.1, -0.05) is 111 Å². The molecule has 0 aliphatic carbocycles. The van der Waals surface area contributed by atoms with Gasteiger partial charge in [0.1, 0.15) is 0 Å². The van der Waals surface area contributed by atoms with Crippen LogP contribution in [0.25, 0.3) is 0 Å². The first-order valence-corrected chi connectivity index (χ1v) is 30.9. The molecule has 0 N–H and O–H groups in total. The number of halogens is 3. The zero-order valence-corrected chi connectivity index (χ0v) is 48.7. The molecule has 418 valence electrons. The standard InChI is InChI=1S/C15H21F3N2.C15H24N2O2S.C15H23N.C14H22N2O2S/c1-12(2)13-3-5-14(6-4-13)20-9-7-19(8-10-20)11-15(16,17)18;1-4-20(18,19)17-11-9-16(10-12-17)15-7-5-14(6-8-15)13(2)3;1-12(2)14-4-6-15(7-5-14)16-10-8-13(3)9-11-16;1-12(2)13-4-6-14(7-5-13)15-8-10-16(11-9-15)19(3,17)18/h3-6,12H,7-11H2,1-2H3;5-8,13H,4,9-12H2,1-3H3;4-7,12-13H,8-11H2,1-3H3;4-7,12H,8-11H2,1-3H3. The monoisotopic (exact) mass is 1080 g/mol.